The molecule has 1 saturated carbocycles. The molecule has 2 aliphatic rings. The summed E-state index contributed by atoms with van der Waals surface area (Å²) >= 11 is 0. The molecular weight excluding hydrogens is 392 g/mol. The number of carbonyl (C=O) groups excluding carboxylic acids is 1. The van der Waals surface area contributed by atoms with E-state index >= 15 is 0 Å². The van der Waals surface area contributed by atoms with Gasteiger partial charge < -0.3 is 18.8 Å². The quantitative estimate of drug-likeness (QED) is 0.569. The van der Waals surface area contributed by atoms with Crippen LogP contribution in [0.5, 0.6) is 11.5 Å². The fourth-order valence-electron chi connectivity index (χ4n) is 4.66. The van der Waals surface area contributed by atoms with Gasteiger partial charge in [-0.05, 0) is 68.9 Å². The lowest BCUT2D eigenvalue weighted by Crippen LogP contribution is -2.38. The van der Waals surface area contributed by atoms with E-state index in [0.29, 0.717) is 24.4 Å². The third kappa shape index (κ3) is 4.11. The topological polar surface area (TPSA) is 64.8 Å². The average molecular weight is 421 g/mol. The van der Waals surface area contributed by atoms with Crippen molar-refractivity contribution < 1.29 is 18.7 Å². The molecule has 1 aliphatic carbocycles. The minimum atomic E-state index is 0.0294. The fraction of sp³-hybridized carbons (Fsp3) is 0.440. The van der Waals surface area contributed by atoms with Crippen molar-refractivity contribution in [2.24, 2.45) is 0 Å². The average Bonchev–Trinajstić information content (AvgIpc) is 3.49. The number of para-hydroxylation sites is 2. The Balaban J connectivity index is 1.24. The molecule has 0 bridgehead atoms. The molecule has 31 heavy (non-hydrogen) atoms. The zero-order valence-electron chi connectivity index (χ0n) is 17.9. The summed E-state index contributed by atoms with van der Waals surface area (Å²) in [5.74, 6) is 2.40. The van der Waals surface area contributed by atoms with Gasteiger partial charge in [0.15, 0.2) is 23.0 Å². The minimum absolute atomic E-state index is 0.0294. The summed E-state index contributed by atoms with van der Waals surface area (Å²) in [6.45, 7) is 1.37. The highest BCUT2D eigenvalue weighted by atomic mass is 16.5. The van der Waals surface area contributed by atoms with Crippen LogP contribution in [0.4, 0.5) is 0 Å². The Bertz CT molecular complexity index is 1030. The third-order valence-corrected chi connectivity index (χ3v) is 6.45. The van der Waals surface area contributed by atoms with Crippen LogP contribution in [0.3, 0.4) is 0 Å². The van der Waals surface area contributed by atoms with Crippen LogP contribution in [0.2, 0.25) is 0 Å². The van der Waals surface area contributed by atoms with Gasteiger partial charge in [-0.25, -0.2) is 4.98 Å². The predicted molar refractivity (Wildman–Crippen MR) is 118 cm³/mol. The van der Waals surface area contributed by atoms with Crippen molar-refractivity contribution in [1.29, 1.82) is 0 Å². The third-order valence-electron chi connectivity index (χ3n) is 6.45. The number of hydrogen-bond acceptors (Lipinski definition) is 5. The van der Waals surface area contributed by atoms with Crippen molar-refractivity contribution in [3.8, 4) is 11.5 Å². The van der Waals surface area contributed by atoms with E-state index < -0.39 is 0 Å². The highest BCUT2D eigenvalue weighted by Crippen LogP contribution is 2.34. The molecule has 3 aromatic rings. The monoisotopic (exact) mass is 420 g/mol. The van der Waals surface area contributed by atoms with Crippen molar-refractivity contribution in [3.63, 3.8) is 0 Å². The van der Waals surface area contributed by atoms with Crippen molar-refractivity contribution >= 4 is 17.0 Å². The largest absolute Gasteiger partial charge is 0.493 e. The maximum absolute atomic E-state index is 13.1. The highest BCUT2D eigenvalue weighted by molar-refractivity contribution is 5.95. The summed E-state index contributed by atoms with van der Waals surface area (Å²) in [5.41, 5.74) is 2.35. The molecule has 0 N–H and O–H groups in total. The lowest BCUT2D eigenvalue weighted by Gasteiger charge is -2.30. The Hall–Kier alpha value is -3.02. The molecule has 6 heteroatoms. The van der Waals surface area contributed by atoms with Crippen LogP contribution in [-0.4, -0.2) is 42.1 Å². The molecule has 0 atom stereocenters. The minimum Gasteiger partial charge on any atom is -0.493 e. The molecule has 1 aliphatic heterocycles. The van der Waals surface area contributed by atoms with Gasteiger partial charge in [-0.1, -0.05) is 12.1 Å². The van der Waals surface area contributed by atoms with Gasteiger partial charge in [0.25, 0.3) is 5.91 Å². The predicted octanol–water partition coefficient (Wildman–Crippen LogP) is 5.18. The Morgan fingerprint density at radius 2 is 1.81 bits per heavy atom. The van der Waals surface area contributed by atoms with Gasteiger partial charge in [0.1, 0.15) is 5.52 Å². The lowest BCUT2D eigenvalue weighted by molar-refractivity contribution is 0.0706. The molecule has 6 nitrogen and oxygen atoms in total. The number of nitrogens with zero attached hydrogens (tertiary/aromatic N) is 2. The molecule has 1 amide bonds. The maximum atomic E-state index is 13.1. The smallest absolute Gasteiger partial charge is 0.253 e. The van der Waals surface area contributed by atoms with Gasteiger partial charge in [-0.3, -0.25) is 4.79 Å². The molecule has 0 unspecified atom stereocenters. The van der Waals surface area contributed by atoms with Gasteiger partial charge in [-0.2, -0.15) is 0 Å². The van der Waals surface area contributed by atoms with Gasteiger partial charge in [0.05, 0.1) is 13.2 Å². The number of amides is 1. The number of fused-ring (bicyclic) bond motifs is 1. The van der Waals surface area contributed by atoms with Crippen LogP contribution in [0, 0.1) is 0 Å². The Morgan fingerprint density at radius 1 is 1.03 bits per heavy atom. The standard InChI is InChI=1S/C25H28N2O4/c1-29-23-16-18(10-11-22(23)30-19-6-2-3-7-19)25(28)27-14-12-17(13-15-27)24-26-20-8-4-5-9-21(20)31-24/h4-5,8-11,16-17,19H,2-3,6-7,12-15H2,1H3. The Morgan fingerprint density at radius 3 is 2.55 bits per heavy atom. The number of aromatic nitrogens is 1. The lowest BCUT2D eigenvalue weighted by atomic mass is 9.96. The first-order valence-electron chi connectivity index (χ1n) is 11.2. The highest BCUT2D eigenvalue weighted by Gasteiger charge is 2.28. The summed E-state index contributed by atoms with van der Waals surface area (Å²) < 4.78 is 17.6. The fourth-order valence-corrected chi connectivity index (χ4v) is 4.66. The molecule has 2 heterocycles. The first-order valence-corrected chi connectivity index (χ1v) is 11.2. The van der Waals surface area contributed by atoms with E-state index in [9.17, 15) is 4.79 Å². The van der Waals surface area contributed by atoms with Crippen LogP contribution >= 0.6 is 0 Å². The molecule has 2 aromatic carbocycles. The van der Waals surface area contributed by atoms with Crippen LogP contribution < -0.4 is 9.47 Å². The number of rotatable bonds is 5. The van der Waals surface area contributed by atoms with E-state index in [1.807, 2.05) is 41.3 Å². The second-order valence-electron chi connectivity index (χ2n) is 8.48. The van der Waals surface area contributed by atoms with E-state index in [4.69, 9.17) is 13.9 Å². The first-order chi connectivity index (χ1) is 15.2. The number of ether oxygens (including phenoxy) is 2. The van der Waals surface area contributed by atoms with Gasteiger partial charge in [0, 0.05) is 24.6 Å². The zero-order chi connectivity index (χ0) is 21.2. The molecule has 1 saturated heterocycles. The summed E-state index contributed by atoms with van der Waals surface area (Å²) in [6.07, 6.45) is 6.53. The number of oxazole rings is 1. The van der Waals surface area contributed by atoms with Crippen LogP contribution in [0.1, 0.15) is 60.7 Å². The molecule has 5 rings (SSSR count). The van der Waals surface area contributed by atoms with Gasteiger partial charge in [-0.15, -0.1) is 0 Å². The molecule has 1 aromatic heterocycles. The van der Waals surface area contributed by atoms with Crippen LogP contribution in [0.25, 0.3) is 11.1 Å². The summed E-state index contributed by atoms with van der Waals surface area (Å²) in [4.78, 5) is 19.6. The number of benzene rings is 2. The molecular formula is C25H28N2O4. The Kier molecular flexibility index (Phi) is 5.53. The SMILES string of the molecule is COc1cc(C(=O)N2CCC(c3nc4ccccc4o3)CC2)ccc1OC1CCCC1. The van der Waals surface area contributed by atoms with E-state index in [1.54, 1.807) is 13.2 Å². The molecule has 0 radical (unpaired) electrons. The second-order valence-corrected chi connectivity index (χ2v) is 8.48. The second kappa shape index (κ2) is 8.61. The zero-order valence-corrected chi connectivity index (χ0v) is 17.9. The molecule has 2 fully saturated rings. The number of methoxy groups -OCH3 is 1. The first kappa shape index (κ1) is 19.9. The van der Waals surface area contributed by atoms with E-state index in [2.05, 4.69) is 4.98 Å². The molecule has 162 valence electrons. The Labute approximate surface area is 182 Å². The van der Waals surface area contributed by atoms with Crippen LogP contribution in [-0.2, 0) is 0 Å². The van der Waals surface area contributed by atoms with E-state index in [1.165, 1.54) is 12.8 Å². The number of piperidine rings is 1. The van der Waals surface area contributed by atoms with Crippen LogP contribution in [0.15, 0.2) is 46.9 Å². The van der Waals surface area contributed by atoms with Crippen molar-refractivity contribution in [1.82, 2.24) is 9.88 Å². The van der Waals surface area contributed by atoms with Crippen molar-refractivity contribution in [3.05, 3.63) is 53.9 Å². The number of carbonyl (C=O) groups is 1. The summed E-state index contributed by atoms with van der Waals surface area (Å²) in [6, 6.07) is 13.4. The molecule has 0 spiro atoms. The van der Waals surface area contributed by atoms with E-state index in [0.717, 1.165) is 48.4 Å². The summed E-state index contributed by atoms with van der Waals surface area (Å²) in [5, 5.41) is 0. The summed E-state index contributed by atoms with van der Waals surface area (Å²) in [7, 11) is 1.62. The number of hydrogen-bond donors (Lipinski definition) is 0. The normalized spacial score (nSPS) is 17.9. The number of likely N-dealkylation sites (tertiary alicyclic amines) is 1. The van der Waals surface area contributed by atoms with Crippen molar-refractivity contribution in [2.75, 3.05) is 20.2 Å². The van der Waals surface area contributed by atoms with Gasteiger partial charge in [0.2, 0.25) is 0 Å². The van der Waals surface area contributed by atoms with Gasteiger partial charge >= 0.3 is 0 Å². The van der Waals surface area contributed by atoms with E-state index in [-0.39, 0.29) is 17.9 Å². The maximum Gasteiger partial charge on any atom is 0.253 e. The van der Waals surface area contributed by atoms with Crippen molar-refractivity contribution in [2.45, 2.75) is 50.5 Å².